The molecule has 202 valence electrons. The molecule has 0 radical (unpaired) electrons. The minimum atomic E-state index is -1.23. The summed E-state index contributed by atoms with van der Waals surface area (Å²) in [7, 11) is 1.48. The first-order valence-corrected chi connectivity index (χ1v) is 12.8. The molecule has 0 saturated carbocycles. The van der Waals surface area contributed by atoms with Gasteiger partial charge in [0.15, 0.2) is 12.4 Å². The van der Waals surface area contributed by atoms with Crippen molar-refractivity contribution in [2.24, 2.45) is 0 Å². The van der Waals surface area contributed by atoms with Crippen LogP contribution in [0.25, 0.3) is 0 Å². The minimum absolute atomic E-state index is 0.145. The lowest BCUT2D eigenvalue weighted by Gasteiger charge is -2.44. The van der Waals surface area contributed by atoms with Gasteiger partial charge in [0.05, 0.1) is 13.2 Å². The van der Waals surface area contributed by atoms with Crippen molar-refractivity contribution in [3.8, 4) is 0 Å². The second-order valence-corrected chi connectivity index (χ2v) is 9.01. The van der Waals surface area contributed by atoms with Crippen molar-refractivity contribution >= 4 is 11.9 Å². The molecule has 0 aromatic heterocycles. The van der Waals surface area contributed by atoms with Crippen LogP contribution in [0.15, 0.2) is 85.0 Å². The predicted octanol–water partition coefficient (Wildman–Crippen LogP) is 4.63. The van der Waals surface area contributed by atoms with Gasteiger partial charge in [-0.25, -0.2) is 0 Å². The molecule has 0 spiro atoms. The van der Waals surface area contributed by atoms with Gasteiger partial charge in [0.1, 0.15) is 12.2 Å². The molecule has 38 heavy (non-hydrogen) atoms. The first-order chi connectivity index (χ1) is 18.6. The molecule has 0 N–H and O–H groups in total. The fourth-order valence-electron chi connectivity index (χ4n) is 4.24. The maximum absolute atomic E-state index is 12.8. The van der Waals surface area contributed by atoms with Gasteiger partial charge in [0.25, 0.3) is 0 Å². The number of hydrogen-bond acceptors (Lipinski definition) is 8. The highest BCUT2D eigenvalue weighted by atomic mass is 16.8. The van der Waals surface area contributed by atoms with Crippen LogP contribution in [0.4, 0.5) is 0 Å². The Labute approximate surface area is 223 Å². The second kappa shape index (κ2) is 14.6. The summed E-state index contributed by atoms with van der Waals surface area (Å²) < 4.78 is 35.8. The third-order valence-electron chi connectivity index (χ3n) is 6.18. The van der Waals surface area contributed by atoms with Gasteiger partial charge in [-0.2, -0.15) is 0 Å². The monoisotopic (exact) mass is 522 g/mol. The van der Waals surface area contributed by atoms with E-state index in [0.29, 0.717) is 12.8 Å². The van der Waals surface area contributed by atoms with Gasteiger partial charge in [-0.15, -0.1) is 0 Å². The number of ether oxygens (including phenoxy) is 6. The summed E-state index contributed by atoms with van der Waals surface area (Å²) in [6.45, 7) is 0.470. The zero-order valence-corrected chi connectivity index (χ0v) is 21.5. The van der Waals surface area contributed by atoms with Crippen LogP contribution in [0.2, 0.25) is 0 Å². The molecule has 0 aliphatic carbocycles. The normalized spacial score (nSPS) is 28.3. The highest BCUT2D eigenvalue weighted by molar-refractivity contribution is 5.71. The lowest BCUT2D eigenvalue weighted by Crippen LogP contribution is -2.62. The van der Waals surface area contributed by atoms with Crippen molar-refractivity contribution in [1.82, 2.24) is 0 Å². The van der Waals surface area contributed by atoms with E-state index in [1.54, 1.807) is 0 Å². The van der Waals surface area contributed by atoms with E-state index in [9.17, 15) is 9.59 Å². The first-order valence-electron chi connectivity index (χ1n) is 12.8. The molecule has 1 fully saturated rings. The lowest BCUT2D eigenvalue weighted by atomic mass is 10.0. The van der Waals surface area contributed by atoms with Gasteiger partial charge in [0, 0.05) is 20.0 Å². The van der Waals surface area contributed by atoms with Gasteiger partial charge in [-0.1, -0.05) is 85.0 Å². The maximum Gasteiger partial charge on any atom is 0.308 e. The van der Waals surface area contributed by atoms with Gasteiger partial charge < -0.3 is 28.4 Å². The molecule has 8 nitrogen and oxygen atoms in total. The smallest absolute Gasteiger partial charge is 0.308 e. The number of rotatable bonds is 7. The Kier molecular flexibility index (Phi) is 10.6. The molecule has 2 aliphatic heterocycles. The molecule has 0 unspecified atom stereocenters. The van der Waals surface area contributed by atoms with Crippen LogP contribution >= 0.6 is 0 Å². The fraction of sp³-hybridized carbons (Fsp3) is 0.400. The van der Waals surface area contributed by atoms with Crippen molar-refractivity contribution in [2.75, 3.05) is 7.11 Å². The predicted molar refractivity (Wildman–Crippen MR) is 138 cm³/mol. The third kappa shape index (κ3) is 8.10. The van der Waals surface area contributed by atoms with E-state index in [-0.39, 0.29) is 26.1 Å². The molecule has 1 saturated heterocycles. The average molecular weight is 523 g/mol. The number of esters is 2. The maximum atomic E-state index is 12.8. The van der Waals surface area contributed by atoms with Gasteiger partial charge in [-0.05, 0) is 24.0 Å². The van der Waals surface area contributed by atoms with Crippen LogP contribution in [-0.4, -0.2) is 49.9 Å². The zero-order valence-electron chi connectivity index (χ0n) is 21.5. The number of methoxy groups -OCH3 is 1. The Hall–Kier alpha value is -3.30. The molecule has 8 heteroatoms. The van der Waals surface area contributed by atoms with E-state index in [1.807, 2.05) is 85.0 Å². The van der Waals surface area contributed by atoms with Crippen LogP contribution in [-0.2, 0) is 51.2 Å². The molecule has 2 aliphatic rings. The molecule has 0 amide bonds. The van der Waals surface area contributed by atoms with Crippen LogP contribution in [0, 0.1) is 0 Å². The van der Waals surface area contributed by atoms with Crippen molar-refractivity contribution in [3.05, 3.63) is 96.1 Å². The van der Waals surface area contributed by atoms with Crippen LogP contribution in [0.5, 0.6) is 0 Å². The number of benzene rings is 2. The van der Waals surface area contributed by atoms with E-state index in [0.717, 1.165) is 11.1 Å². The minimum Gasteiger partial charge on any atom is -0.453 e. The standard InChI is InChI=1S/C30H34O8/c1-33-29-27(35-21-23-16-10-7-11-17-23)26(34-20-22-14-8-6-9-15-22)28-30(38-29)37-25(32)19-13-5-3-2-4-12-18-24(31)36-28/h2-11,14-17,26-30H,12-13,18-21H2,1H3/b4-2+,5-3+/t26-,27-,28+,29+,30+/m1/s1. The number of hydrogen-bond donors (Lipinski definition) is 0. The topological polar surface area (TPSA) is 89.5 Å². The van der Waals surface area contributed by atoms with E-state index in [2.05, 4.69) is 0 Å². The van der Waals surface area contributed by atoms with Crippen LogP contribution in [0.1, 0.15) is 36.8 Å². The summed E-state index contributed by atoms with van der Waals surface area (Å²) in [6.07, 6.45) is 3.90. The van der Waals surface area contributed by atoms with E-state index in [4.69, 9.17) is 28.4 Å². The van der Waals surface area contributed by atoms with Crippen molar-refractivity contribution in [2.45, 2.75) is 69.8 Å². The number of fused-ring (bicyclic) bond motifs is 1. The van der Waals surface area contributed by atoms with E-state index < -0.39 is 42.8 Å². The Morgan fingerprint density at radius 2 is 1.26 bits per heavy atom. The molecule has 4 rings (SSSR count). The SMILES string of the molecule is CO[C@H]1O[C@@H]2OC(=O)CC/C=C/C=C/CCC(=O)O[C@H]2[C@H](OCc2ccccc2)[C@H]1OCc1ccccc1. The highest BCUT2D eigenvalue weighted by Crippen LogP contribution is 2.31. The first kappa shape index (κ1) is 27.7. The Morgan fingerprint density at radius 1 is 0.737 bits per heavy atom. The molecule has 2 aromatic carbocycles. The summed E-state index contributed by atoms with van der Waals surface area (Å²) >= 11 is 0. The molecule has 0 bridgehead atoms. The quantitative estimate of drug-likeness (QED) is 0.487. The highest BCUT2D eigenvalue weighted by Gasteiger charge is 2.51. The largest absolute Gasteiger partial charge is 0.453 e. The van der Waals surface area contributed by atoms with Crippen molar-refractivity contribution < 1.29 is 38.0 Å². The summed E-state index contributed by atoms with van der Waals surface area (Å²) in [4.78, 5) is 25.5. The molecule has 5 atom stereocenters. The second-order valence-electron chi connectivity index (χ2n) is 9.01. The fourth-order valence-corrected chi connectivity index (χ4v) is 4.24. The molecular weight excluding hydrogens is 488 g/mol. The Bertz CT molecular complexity index is 1070. The molecular formula is C30H34O8. The summed E-state index contributed by atoms with van der Waals surface area (Å²) in [6, 6.07) is 19.3. The van der Waals surface area contributed by atoms with E-state index in [1.165, 1.54) is 7.11 Å². The number of carbonyl (C=O) groups excluding carboxylic acids is 2. The number of carbonyl (C=O) groups is 2. The van der Waals surface area contributed by atoms with Crippen LogP contribution < -0.4 is 0 Å². The van der Waals surface area contributed by atoms with Gasteiger partial charge in [0.2, 0.25) is 6.29 Å². The lowest BCUT2D eigenvalue weighted by molar-refractivity contribution is -0.352. The summed E-state index contributed by atoms with van der Waals surface area (Å²) in [5.41, 5.74) is 1.87. The van der Waals surface area contributed by atoms with Gasteiger partial charge >= 0.3 is 11.9 Å². The third-order valence-corrected chi connectivity index (χ3v) is 6.18. The number of allylic oxidation sites excluding steroid dienone is 4. The molecule has 2 aromatic rings. The van der Waals surface area contributed by atoms with Gasteiger partial charge in [-0.3, -0.25) is 9.59 Å². The summed E-state index contributed by atoms with van der Waals surface area (Å²) in [5, 5.41) is 0. The Morgan fingerprint density at radius 3 is 1.82 bits per heavy atom. The van der Waals surface area contributed by atoms with E-state index >= 15 is 0 Å². The molecule has 2 heterocycles. The summed E-state index contributed by atoms with van der Waals surface area (Å²) in [5.74, 6) is -0.946. The zero-order chi connectivity index (χ0) is 26.6. The van der Waals surface area contributed by atoms with Crippen molar-refractivity contribution in [3.63, 3.8) is 0 Å². The van der Waals surface area contributed by atoms with Crippen molar-refractivity contribution in [1.29, 1.82) is 0 Å². The van der Waals surface area contributed by atoms with Crippen LogP contribution in [0.3, 0.4) is 0 Å². The Balaban J connectivity index is 1.62. The average Bonchev–Trinajstić information content (AvgIpc) is 2.94.